The first-order chi connectivity index (χ1) is 13.4. The van der Waals surface area contributed by atoms with E-state index in [0.29, 0.717) is 0 Å². The molecule has 5 rings (SSSR count). The maximum atomic E-state index is 5.06. The topological polar surface area (TPSA) is 19.4 Å². The van der Waals surface area contributed by atoms with Crippen molar-refractivity contribution in [2.45, 2.75) is 32.1 Å². The molecule has 1 saturated heterocycles. The second kappa shape index (κ2) is 9.69. The number of aryl methyl sites for hydroxylation is 1. The highest BCUT2D eigenvalue weighted by Gasteiger charge is 2.24. The Bertz CT molecular complexity index is 938. The number of anilines is 2. The number of nitrogens with zero attached hydrogens (tertiary/aromatic N) is 3. The zero-order valence-electron chi connectivity index (χ0n) is 16.7. The van der Waals surface area contributed by atoms with E-state index in [-0.39, 0.29) is 24.8 Å². The maximum absolute atomic E-state index is 5.06. The summed E-state index contributed by atoms with van der Waals surface area (Å²) in [4.78, 5) is 10.2. The van der Waals surface area contributed by atoms with Gasteiger partial charge >= 0.3 is 0 Å². The van der Waals surface area contributed by atoms with E-state index in [2.05, 4.69) is 64.4 Å². The van der Waals surface area contributed by atoms with E-state index in [1.807, 2.05) is 0 Å². The Labute approximate surface area is 185 Å². The smallest absolute Gasteiger partial charge is 0.0726 e. The third kappa shape index (κ3) is 4.31. The Morgan fingerprint density at radius 2 is 1.31 bits per heavy atom. The van der Waals surface area contributed by atoms with Gasteiger partial charge in [-0.3, -0.25) is 4.98 Å². The summed E-state index contributed by atoms with van der Waals surface area (Å²) in [7, 11) is 0. The van der Waals surface area contributed by atoms with Gasteiger partial charge in [-0.15, -0.1) is 24.8 Å². The summed E-state index contributed by atoms with van der Waals surface area (Å²) in [5.41, 5.74) is 6.87. The quantitative estimate of drug-likeness (QED) is 0.488. The van der Waals surface area contributed by atoms with Crippen LogP contribution in [0.25, 0.3) is 10.9 Å². The van der Waals surface area contributed by atoms with Crippen LogP contribution in [-0.4, -0.2) is 31.2 Å². The minimum absolute atomic E-state index is 0. The number of benzene rings is 2. The van der Waals surface area contributed by atoms with E-state index in [1.165, 1.54) is 59.2 Å². The van der Waals surface area contributed by atoms with Gasteiger partial charge in [0.05, 0.1) is 11.2 Å². The lowest BCUT2D eigenvalue weighted by molar-refractivity contribution is 0.651. The molecular weight excluding hydrogens is 401 g/mol. The van der Waals surface area contributed by atoms with Crippen molar-refractivity contribution in [1.82, 2.24) is 4.98 Å². The lowest BCUT2D eigenvalue weighted by atomic mass is 10.00. The predicted molar refractivity (Wildman–Crippen MR) is 128 cm³/mol. The summed E-state index contributed by atoms with van der Waals surface area (Å²) in [5.74, 6) is 0. The summed E-state index contributed by atoms with van der Waals surface area (Å²) >= 11 is 0. The molecule has 1 fully saturated rings. The molecule has 1 aromatic heterocycles. The van der Waals surface area contributed by atoms with Gasteiger partial charge in [0.25, 0.3) is 0 Å². The van der Waals surface area contributed by atoms with Crippen molar-refractivity contribution in [2.75, 3.05) is 36.0 Å². The largest absolute Gasteiger partial charge is 0.368 e. The minimum atomic E-state index is 0. The molecule has 0 spiro atoms. The fourth-order valence-corrected chi connectivity index (χ4v) is 4.71. The third-order valence-corrected chi connectivity index (χ3v) is 6.11. The van der Waals surface area contributed by atoms with Gasteiger partial charge in [-0.2, -0.15) is 0 Å². The van der Waals surface area contributed by atoms with Crippen LogP contribution >= 0.6 is 24.8 Å². The number of hydrogen-bond donors (Lipinski definition) is 0. The molecule has 0 amide bonds. The van der Waals surface area contributed by atoms with Crippen molar-refractivity contribution >= 4 is 47.1 Å². The van der Waals surface area contributed by atoms with E-state index in [9.17, 15) is 0 Å². The van der Waals surface area contributed by atoms with Gasteiger partial charge in [-0.1, -0.05) is 42.8 Å². The summed E-state index contributed by atoms with van der Waals surface area (Å²) in [6, 6.07) is 19.6. The van der Waals surface area contributed by atoms with Crippen LogP contribution in [0.2, 0.25) is 0 Å². The molecule has 3 aromatic rings. The first kappa shape index (κ1) is 21.7. The lowest BCUT2D eigenvalue weighted by Gasteiger charge is -2.39. The van der Waals surface area contributed by atoms with Crippen LogP contribution in [0.5, 0.6) is 0 Å². The molecule has 29 heavy (non-hydrogen) atoms. The molecule has 154 valence electrons. The maximum Gasteiger partial charge on any atom is 0.0726 e. The average Bonchev–Trinajstić information content (AvgIpc) is 2.98. The van der Waals surface area contributed by atoms with Crippen molar-refractivity contribution in [3.8, 4) is 0 Å². The third-order valence-electron chi connectivity index (χ3n) is 6.11. The average molecular weight is 430 g/mol. The number of rotatable bonds is 2. The molecule has 2 aromatic carbocycles. The van der Waals surface area contributed by atoms with Crippen molar-refractivity contribution in [1.29, 1.82) is 0 Å². The zero-order chi connectivity index (χ0) is 18.1. The first-order valence-corrected chi connectivity index (χ1v) is 10.4. The Morgan fingerprint density at radius 3 is 2.10 bits per heavy atom. The molecule has 2 aliphatic rings. The SMILES string of the molecule is Cl.Cl.c1ccc(N2CCN(c3c4c(nc5ccccc35)CCCCC4)CC2)cc1. The van der Waals surface area contributed by atoms with Gasteiger partial charge in [-0.25, -0.2) is 0 Å². The summed E-state index contributed by atoms with van der Waals surface area (Å²) < 4.78 is 0. The fourth-order valence-electron chi connectivity index (χ4n) is 4.71. The predicted octanol–water partition coefficient (Wildman–Crippen LogP) is 5.67. The van der Waals surface area contributed by atoms with Crippen LogP contribution in [0.4, 0.5) is 11.4 Å². The van der Waals surface area contributed by atoms with Gasteiger partial charge in [0.1, 0.15) is 0 Å². The Hall–Kier alpha value is -1.97. The molecule has 0 radical (unpaired) electrons. The molecule has 0 N–H and O–H groups in total. The molecule has 0 bridgehead atoms. The van der Waals surface area contributed by atoms with E-state index >= 15 is 0 Å². The molecule has 0 atom stereocenters. The van der Waals surface area contributed by atoms with E-state index in [4.69, 9.17) is 4.98 Å². The summed E-state index contributed by atoms with van der Waals surface area (Å²) in [6.45, 7) is 4.32. The van der Waals surface area contributed by atoms with Crippen molar-refractivity contribution in [3.05, 3.63) is 65.9 Å². The number of para-hydroxylation sites is 2. The standard InChI is InChI=1S/C24H27N3.2ClH/c1-3-9-19(10-4-1)26-15-17-27(18-16-26)24-20-11-5-2-6-13-22(20)25-23-14-8-7-12-21(23)24;;/h1,3-4,7-10,12,14H,2,5-6,11,13,15-18H2;2*1H. The van der Waals surface area contributed by atoms with Crippen LogP contribution in [0.15, 0.2) is 54.6 Å². The molecule has 3 nitrogen and oxygen atoms in total. The van der Waals surface area contributed by atoms with Crippen LogP contribution in [0.3, 0.4) is 0 Å². The molecule has 0 saturated carbocycles. The highest BCUT2D eigenvalue weighted by molar-refractivity contribution is 5.94. The number of pyridine rings is 1. The van der Waals surface area contributed by atoms with Crippen LogP contribution in [0, 0.1) is 0 Å². The number of piperazine rings is 1. The second-order valence-corrected chi connectivity index (χ2v) is 7.77. The Kier molecular flexibility index (Phi) is 7.26. The van der Waals surface area contributed by atoms with Gasteiger partial charge in [-0.05, 0) is 49.4 Å². The lowest BCUT2D eigenvalue weighted by Crippen LogP contribution is -2.47. The normalized spacial score (nSPS) is 16.4. The van der Waals surface area contributed by atoms with Crippen LogP contribution in [0.1, 0.15) is 30.5 Å². The molecular formula is C24H29Cl2N3. The minimum Gasteiger partial charge on any atom is -0.368 e. The van der Waals surface area contributed by atoms with Crippen LogP contribution in [-0.2, 0) is 12.8 Å². The molecule has 1 aliphatic carbocycles. The van der Waals surface area contributed by atoms with Crippen molar-refractivity contribution in [3.63, 3.8) is 0 Å². The first-order valence-electron chi connectivity index (χ1n) is 10.4. The number of aromatic nitrogens is 1. The van der Waals surface area contributed by atoms with Gasteiger partial charge in [0, 0.05) is 42.9 Å². The van der Waals surface area contributed by atoms with E-state index < -0.39 is 0 Å². The zero-order valence-corrected chi connectivity index (χ0v) is 18.4. The number of fused-ring (bicyclic) bond motifs is 2. The Morgan fingerprint density at radius 1 is 0.655 bits per heavy atom. The van der Waals surface area contributed by atoms with Gasteiger partial charge in [0.2, 0.25) is 0 Å². The molecule has 2 heterocycles. The molecule has 0 unspecified atom stereocenters. The summed E-state index contributed by atoms with van der Waals surface area (Å²) in [5, 5.41) is 1.34. The second-order valence-electron chi connectivity index (χ2n) is 7.77. The van der Waals surface area contributed by atoms with Gasteiger partial charge < -0.3 is 9.80 Å². The van der Waals surface area contributed by atoms with Crippen molar-refractivity contribution < 1.29 is 0 Å². The van der Waals surface area contributed by atoms with Crippen LogP contribution < -0.4 is 9.80 Å². The van der Waals surface area contributed by atoms with E-state index in [0.717, 1.165) is 32.6 Å². The Balaban J connectivity index is 0.00000120. The fraction of sp³-hybridized carbons (Fsp3) is 0.375. The summed E-state index contributed by atoms with van der Waals surface area (Å²) in [6.07, 6.45) is 6.22. The monoisotopic (exact) mass is 429 g/mol. The highest BCUT2D eigenvalue weighted by Crippen LogP contribution is 2.36. The number of hydrogen-bond acceptors (Lipinski definition) is 3. The molecule has 5 heteroatoms. The highest BCUT2D eigenvalue weighted by atomic mass is 35.5. The van der Waals surface area contributed by atoms with E-state index in [1.54, 1.807) is 0 Å². The number of halogens is 2. The van der Waals surface area contributed by atoms with Gasteiger partial charge in [0.15, 0.2) is 0 Å². The van der Waals surface area contributed by atoms with Crippen molar-refractivity contribution in [2.24, 2.45) is 0 Å². The molecule has 1 aliphatic heterocycles.